The third-order valence-corrected chi connectivity index (χ3v) is 2.23. The zero-order valence-corrected chi connectivity index (χ0v) is 8.00. The fourth-order valence-electron chi connectivity index (χ4n) is 1.35. The average molecular weight is 224 g/mol. The number of halogens is 4. The molecule has 1 aromatic rings. The summed E-state index contributed by atoms with van der Waals surface area (Å²) in [5, 5.41) is 2.98. The molecule has 1 nitrogen and oxygen atoms in total. The third-order valence-electron chi connectivity index (χ3n) is 2.23. The fraction of sp³-hybridized carbons (Fsp3) is 0.333. The van der Waals surface area contributed by atoms with Gasteiger partial charge in [0.15, 0.2) is 17.5 Å². The van der Waals surface area contributed by atoms with Gasteiger partial charge in [-0.15, -0.1) is 12.4 Å². The molecule has 1 atom stereocenters. The van der Waals surface area contributed by atoms with Gasteiger partial charge in [-0.1, -0.05) is 0 Å². The molecule has 0 amide bonds. The summed E-state index contributed by atoms with van der Waals surface area (Å²) >= 11 is 0. The predicted octanol–water partition coefficient (Wildman–Crippen LogP) is 2.56. The zero-order valence-electron chi connectivity index (χ0n) is 7.19. The van der Waals surface area contributed by atoms with Crippen LogP contribution in [0.3, 0.4) is 0 Å². The van der Waals surface area contributed by atoms with E-state index in [-0.39, 0.29) is 18.4 Å². The maximum Gasteiger partial charge on any atom is 0.194 e. The van der Waals surface area contributed by atoms with Crippen molar-refractivity contribution in [2.45, 2.75) is 12.5 Å². The molecule has 5 heteroatoms. The maximum atomic E-state index is 12.7. The SMILES string of the molecule is Cl.Fc1cc([C@@H]2CCN2)cc(F)c1F. The Morgan fingerprint density at radius 3 is 2.00 bits per heavy atom. The van der Waals surface area contributed by atoms with Crippen molar-refractivity contribution in [3.05, 3.63) is 35.1 Å². The van der Waals surface area contributed by atoms with E-state index in [9.17, 15) is 13.2 Å². The molecule has 0 spiro atoms. The van der Waals surface area contributed by atoms with Crippen LogP contribution in [0, 0.1) is 17.5 Å². The first-order valence-corrected chi connectivity index (χ1v) is 4.06. The van der Waals surface area contributed by atoms with Crippen LogP contribution in [-0.2, 0) is 0 Å². The summed E-state index contributed by atoms with van der Waals surface area (Å²) in [7, 11) is 0. The number of hydrogen-bond acceptors (Lipinski definition) is 1. The van der Waals surface area contributed by atoms with Gasteiger partial charge in [-0.2, -0.15) is 0 Å². The van der Waals surface area contributed by atoms with Crippen LogP contribution in [0.25, 0.3) is 0 Å². The van der Waals surface area contributed by atoms with Crippen molar-refractivity contribution in [2.24, 2.45) is 0 Å². The topological polar surface area (TPSA) is 12.0 Å². The van der Waals surface area contributed by atoms with Crippen LogP contribution in [0.1, 0.15) is 18.0 Å². The van der Waals surface area contributed by atoms with Crippen LogP contribution in [0.5, 0.6) is 0 Å². The summed E-state index contributed by atoms with van der Waals surface area (Å²) in [6.07, 6.45) is 0.838. The van der Waals surface area contributed by atoms with Gasteiger partial charge >= 0.3 is 0 Å². The molecule has 0 unspecified atom stereocenters. The Kier molecular flexibility index (Phi) is 3.39. The lowest BCUT2D eigenvalue weighted by Gasteiger charge is -2.28. The van der Waals surface area contributed by atoms with Crippen LogP contribution >= 0.6 is 12.4 Å². The molecule has 0 saturated carbocycles. The first-order valence-electron chi connectivity index (χ1n) is 4.06. The van der Waals surface area contributed by atoms with Crippen molar-refractivity contribution < 1.29 is 13.2 Å². The van der Waals surface area contributed by atoms with Crippen LogP contribution in [0.4, 0.5) is 13.2 Å². The Balaban J connectivity index is 0.000000980. The maximum absolute atomic E-state index is 12.7. The van der Waals surface area contributed by atoms with E-state index in [1.165, 1.54) is 0 Å². The van der Waals surface area contributed by atoms with Gasteiger partial charge in [0, 0.05) is 6.04 Å². The molecule has 0 aliphatic carbocycles. The van der Waals surface area contributed by atoms with E-state index in [1.807, 2.05) is 0 Å². The molecule has 78 valence electrons. The highest BCUT2D eigenvalue weighted by atomic mass is 35.5. The second-order valence-electron chi connectivity index (χ2n) is 3.09. The zero-order chi connectivity index (χ0) is 9.42. The molecule has 2 rings (SSSR count). The minimum absolute atomic E-state index is 0. The molecule has 1 N–H and O–H groups in total. The van der Waals surface area contributed by atoms with Crippen LogP contribution < -0.4 is 5.32 Å². The summed E-state index contributed by atoms with van der Waals surface area (Å²) in [6, 6.07) is 2.05. The Labute approximate surface area is 85.7 Å². The highest BCUT2D eigenvalue weighted by molar-refractivity contribution is 5.85. The van der Waals surface area contributed by atoms with E-state index in [4.69, 9.17) is 0 Å². The lowest BCUT2D eigenvalue weighted by atomic mass is 9.98. The van der Waals surface area contributed by atoms with Crippen molar-refractivity contribution in [2.75, 3.05) is 6.54 Å². The Morgan fingerprint density at radius 2 is 1.64 bits per heavy atom. The molecule has 1 heterocycles. The molecule has 1 aliphatic rings. The van der Waals surface area contributed by atoms with Gasteiger partial charge in [0.1, 0.15) is 0 Å². The molecule has 0 aromatic heterocycles. The minimum atomic E-state index is -1.40. The quantitative estimate of drug-likeness (QED) is 0.722. The van der Waals surface area contributed by atoms with E-state index in [2.05, 4.69) is 5.32 Å². The van der Waals surface area contributed by atoms with Crippen molar-refractivity contribution in [3.63, 3.8) is 0 Å². The molecular formula is C9H9ClF3N. The van der Waals surface area contributed by atoms with Gasteiger partial charge in [-0.25, -0.2) is 13.2 Å². The Hall–Kier alpha value is -0.740. The van der Waals surface area contributed by atoms with Crippen molar-refractivity contribution in [1.82, 2.24) is 5.32 Å². The van der Waals surface area contributed by atoms with E-state index in [1.54, 1.807) is 0 Å². The molecule has 1 saturated heterocycles. The van der Waals surface area contributed by atoms with Gasteiger partial charge in [-0.05, 0) is 30.7 Å². The highest BCUT2D eigenvalue weighted by Gasteiger charge is 2.21. The highest BCUT2D eigenvalue weighted by Crippen LogP contribution is 2.25. The molecular weight excluding hydrogens is 215 g/mol. The molecule has 0 radical (unpaired) electrons. The van der Waals surface area contributed by atoms with Gasteiger partial charge < -0.3 is 5.32 Å². The van der Waals surface area contributed by atoms with Gasteiger partial charge in [-0.3, -0.25) is 0 Å². The molecule has 1 aliphatic heterocycles. The summed E-state index contributed by atoms with van der Waals surface area (Å²) in [5.74, 6) is -3.64. The summed E-state index contributed by atoms with van der Waals surface area (Å²) in [6.45, 7) is 0.839. The number of nitrogens with one attached hydrogen (secondary N) is 1. The van der Waals surface area contributed by atoms with E-state index >= 15 is 0 Å². The molecule has 0 bridgehead atoms. The second-order valence-corrected chi connectivity index (χ2v) is 3.09. The fourth-order valence-corrected chi connectivity index (χ4v) is 1.35. The Morgan fingerprint density at radius 1 is 1.14 bits per heavy atom. The van der Waals surface area contributed by atoms with Gasteiger partial charge in [0.05, 0.1) is 0 Å². The van der Waals surface area contributed by atoms with E-state index in [0.29, 0.717) is 5.56 Å². The standard InChI is InChI=1S/C9H8F3N.ClH/c10-6-3-5(8-1-2-13-8)4-7(11)9(6)12;/h3-4,8,13H,1-2H2;1H/t8-;/m0./s1. The van der Waals surface area contributed by atoms with Crippen molar-refractivity contribution >= 4 is 12.4 Å². The molecule has 1 fully saturated rings. The summed E-state index contributed by atoms with van der Waals surface area (Å²) in [5.41, 5.74) is 0.475. The lowest BCUT2D eigenvalue weighted by Crippen LogP contribution is -2.35. The largest absolute Gasteiger partial charge is 0.310 e. The predicted molar refractivity (Wildman–Crippen MR) is 48.9 cm³/mol. The second kappa shape index (κ2) is 4.19. The monoisotopic (exact) mass is 223 g/mol. The van der Waals surface area contributed by atoms with Crippen LogP contribution in [-0.4, -0.2) is 6.54 Å². The first kappa shape index (κ1) is 11.3. The van der Waals surface area contributed by atoms with E-state index in [0.717, 1.165) is 25.1 Å². The first-order chi connectivity index (χ1) is 6.18. The van der Waals surface area contributed by atoms with Crippen molar-refractivity contribution in [3.8, 4) is 0 Å². The summed E-state index contributed by atoms with van der Waals surface area (Å²) < 4.78 is 38.0. The van der Waals surface area contributed by atoms with Gasteiger partial charge in [0.2, 0.25) is 0 Å². The summed E-state index contributed by atoms with van der Waals surface area (Å²) in [4.78, 5) is 0. The number of rotatable bonds is 1. The smallest absolute Gasteiger partial charge is 0.194 e. The average Bonchev–Trinajstić information content (AvgIpc) is 1.96. The van der Waals surface area contributed by atoms with Crippen molar-refractivity contribution in [1.29, 1.82) is 0 Å². The Bertz CT molecular complexity index is 316. The number of hydrogen-bond donors (Lipinski definition) is 1. The van der Waals surface area contributed by atoms with Crippen LogP contribution in [0.2, 0.25) is 0 Å². The normalized spacial score (nSPS) is 19.8. The molecule has 1 aromatic carbocycles. The lowest BCUT2D eigenvalue weighted by molar-refractivity contribution is 0.374. The third kappa shape index (κ3) is 1.86. The minimum Gasteiger partial charge on any atom is -0.310 e. The van der Waals surface area contributed by atoms with E-state index < -0.39 is 17.5 Å². The molecule has 14 heavy (non-hydrogen) atoms. The van der Waals surface area contributed by atoms with Gasteiger partial charge in [0.25, 0.3) is 0 Å². The number of benzene rings is 1. The van der Waals surface area contributed by atoms with Crippen LogP contribution in [0.15, 0.2) is 12.1 Å².